The Morgan fingerprint density at radius 3 is 2.76 bits per heavy atom. The second-order valence-corrected chi connectivity index (χ2v) is 4.79. The molecule has 0 saturated carbocycles. The first-order valence-corrected chi connectivity index (χ1v) is 6.70. The fraction of sp³-hybridized carbons (Fsp3) is 0.538. The van der Waals surface area contributed by atoms with Gasteiger partial charge in [0.15, 0.2) is 0 Å². The molecule has 4 heteroatoms. The molecule has 1 rings (SSSR count). The Bertz CT molecular complexity index is 344. The summed E-state index contributed by atoms with van der Waals surface area (Å²) < 4.78 is 6.49. The zero-order valence-corrected chi connectivity index (χ0v) is 12.4. The van der Waals surface area contributed by atoms with Crippen LogP contribution in [0.5, 0.6) is 0 Å². The summed E-state index contributed by atoms with van der Waals surface area (Å²) in [5, 5.41) is 3.15. The SMILES string of the molecule is CCOCCN(C)c1ccc(CNC)cc1Br. The maximum Gasteiger partial charge on any atom is 0.0641 e. The molecule has 0 bridgehead atoms. The minimum atomic E-state index is 0.762. The molecule has 0 amide bonds. The van der Waals surface area contributed by atoms with Gasteiger partial charge in [0.2, 0.25) is 0 Å². The molecule has 1 aromatic carbocycles. The number of hydrogen-bond donors (Lipinski definition) is 1. The van der Waals surface area contributed by atoms with Crippen molar-refractivity contribution in [2.24, 2.45) is 0 Å². The Morgan fingerprint density at radius 1 is 1.41 bits per heavy atom. The quantitative estimate of drug-likeness (QED) is 0.784. The molecule has 0 atom stereocenters. The highest BCUT2D eigenvalue weighted by molar-refractivity contribution is 9.10. The largest absolute Gasteiger partial charge is 0.380 e. The smallest absolute Gasteiger partial charge is 0.0641 e. The van der Waals surface area contributed by atoms with E-state index in [0.29, 0.717) is 0 Å². The molecule has 0 aliphatic heterocycles. The highest BCUT2D eigenvalue weighted by Crippen LogP contribution is 2.26. The van der Waals surface area contributed by atoms with E-state index < -0.39 is 0 Å². The number of hydrogen-bond acceptors (Lipinski definition) is 3. The van der Waals surface area contributed by atoms with Gasteiger partial charge in [0.05, 0.1) is 12.3 Å². The summed E-state index contributed by atoms with van der Waals surface area (Å²) in [6.45, 7) is 5.34. The number of nitrogens with one attached hydrogen (secondary N) is 1. The lowest BCUT2D eigenvalue weighted by Gasteiger charge is -2.21. The molecule has 1 aromatic rings. The fourth-order valence-corrected chi connectivity index (χ4v) is 2.37. The minimum absolute atomic E-state index is 0.762. The molecule has 0 aromatic heterocycles. The molecular formula is C13H21BrN2O. The van der Waals surface area contributed by atoms with E-state index >= 15 is 0 Å². The molecule has 0 spiro atoms. The van der Waals surface area contributed by atoms with Crippen LogP contribution in [0.25, 0.3) is 0 Å². The van der Waals surface area contributed by atoms with Gasteiger partial charge in [-0.1, -0.05) is 6.07 Å². The van der Waals surface area contributed by atoms with Gasteiger partial charge in [-0.3, -0.25) is 0 Å². The fourth-order valence-electron chi connectivity index (χ4n) is 1.64. The van der Waals surface area contributed by atoms with Crippen LogP contribution in [0.2, 0.25) is 0 Å². The van der Waals surface area contributed by atoms with Crippen LogP contribution in [0.3, 0.4) is 0 Å². The van der Waals surface area contributed by atoms with Crippen molar-refractivity contribution in [3.05, 3.63) is 28.2 Å². The van der Waals surface area contributed by atoms with E-state index in [9.17, 15) is 0 Å². The molecule has 0 unspecified atom stereocenters. The summed E-state index contributed by atoms with van der Waals surface area (Å²) in [5.74, 6) is 0. The zero-order valence-electron chi connectivity index (χ0n) is 10.8. The third kappa shape index (κ3) is 4.66. The number of nitrogens with zero attached hydrogens (tertiary/aromatic N) is 1. The molecule has 0 fully saturated rings. The van der Waals surface area contributed by atoms with Gasteiger partial charge < -0.3 is 15.0 Å². The van der Waals surface area contributed by atoms with Crippen LogP contribution in [-0.2, 0) is 11.3 Å². The average Bonchev–Trinajstić information content (AvgIpc) is 2.29. The molecule has 0 saturated heterocycles. The van der Waals surface area contributed by atoms with Crippen LogP contribution in [0.15, 0.2) is 22.7 Å². The van der Waals surface area contributed by atoms with E-state index in [2.05, 4.69) is 51.4 Å². The van der Waals surface area contributed by atoms with Crippen molar-refractivity contribution in [1.82, 2.24) is 5.32 Å². The lowest BCUT2D eigenvalue weighted by atomic mass is 10.2. The molecule has 3 nitrogen and oxygen atoms in total. The predicted octanol–water partition coefficient (Wildman–Crippen LogP) is 2.64. The Balaban J connectivity index is 2.63. The normalized spacial score (nSPS) is 10.6. The van der Waals surface area contributed by atoms with Crippen molar-refractivity contribution in [3.8, 4) is 0 Å². The number of anilines is 1. The predicted molar refractivity (Wildman–Crippen MR) is 76.7 cm³/mol. The lowest BCUT2D eigenvalue weighted by molar-refractivity contribution is 0.154. The van der Waals surface area contributed by atoms with Crippen molar-refractivity contribution < 1.29 is 4.74 Å². The van der Waals surface area contributed by atoms with Crippen LogP contribution < -0.4 is 10.2 Å². The number of benzene rings is 1. The van der Waals surface area contributed by atoms with Crippen LogP contribution in [0.1, 0.15) is 12.5 Å². The van der Waals surface area contributed by atoms with Crippen LogP contribution in [0, 0.1) is 0 Å². The molecule has 0 heterocycles. The standard InChI is InChI=1S/C13H21BrN2O/c1-4-17-8-7-16(3)13-6-5-11(10-15-2)9-12(13)14/h5-6,9,15H,4,7-8,10H2,1-3H3. The van der Waals surface area contributed by atoms with Gasteiger partial charge in [-0.15, -0.1) is 0 Å². The molecule has 0 aliphatic carbocycles. The highest BCUT2D eigenvalue weighted by Gasteiger charge is 2.06. The van der Waals surface area contributed by atoms with E-state index in [1.165, 1.54) is 11.3 Å². The second kappa shape index (κ2) is 7.69. The van der Waals surface area contributed by atoms with E-state index in [1.54, 1.807) is 0 Å². The molecule has 0 radical (unpaired) electrons. The Kier molecular flexibility index (Phi) is 6.55. The molecule has 17 heavy (non-hydrogen) atoms. The second-order valence-electron chi connectivity index (χ2n) is 3.93. The van der Waals surface area contributed by atoms with E-state index in [0.717, 1.165) is 30.8 Å². The van der Waals surface area contributed by atoms with Crippen LogP contribution in [0.4, 0.5) is 5.69 Å². The molecular weight excluding hydrogens is 280 g/mol. The summed E-state index contributed by atoms with van der Waals surface area (Å²) in [6.07, 6.45) is 0. The molecule has 96 valence electrons. The van der Waals surface area contributed by atoms with E-state index in [-0.39, 0.29) is 0 Å². The Labute approximate surface area is 112 Å². The van der Waals surface area contributed by atoms with Gasteiger partial charge >= 0.3 is 0 Å². The Hall–Kier alpha value is -0.580. The minimum Gasteiger partial charge on any atom is -0.380 e. The van der Waals surface area contributed by atoms with Crippen molar-refractivity contribution in [3.63, 3.8) is 0 Å². The van der Waals surface area contributed by atoms with Gasteiger partial charge in [-0.25, -0.2) is 0 Å². The third-order valence-electron chi connectivity index (χ3n) is 2.58. The van der Waals surface area contributed by atoms with Gasteiger partial charge in [0.25, 0.3) is 0 Å². The van der Waals surface area contributed by atoms with E-state index in [4.69, 9.17) is 4.74 Å². The van der Waals surface area contributed by atoms with Gasteiger partial charge in [-0.2, -0.15) is 0 Å². The summed E-state index contributed by atoms with van der Waals surface area (Å²) in [7, 11) is 4.03. The maximum atomic E-state index is 5.36. The van der Waals surface area contributed by atoms with Crippen LogP contribution in [-0.4, -0.2) is 33.9 Å². The Morgan fingerprint density at radius 2 is 2.18 bits per heavy atom. The van der Waals surface area contributed by atoms with Gasteiger partial charge in [-0.05, 0) is 47.6 Å². The van der Waals surface area contributed by atoms with Gasteiger partial charge in [0, 0.05) is 31.2 Å². The van der Waals surface area contributed by atoms with Crippen molar-refractivity contribution in [2.75, 3.05) is 38.8 Å². The summed E-state index contributed by atoms with van der Waals surface area (Å²) >= 11 is 3.62. The summed E-state index contributed by atoms with van der Waals surface area (Å²) in [6, 6.07) is 6.44. The topological polar surface area (TPSA) is 24.5 Å². The lowest BCUT2D eigenvalue weighted by Crippen LogP contribution is -2.23. The number of rotatable bonds is 7. The summed E-state index contributed by atoms with van der Waals surface area (Å²) in [4.78, 5) is 2.20. The molecule has 0 aliphatic rings. The van der Waals surface area contributed by atoms with Crippen LogP contribution >= 0.6 is 15.9 Å². The van der Waals surface area contributed by atoms with E-state index in [1.807, 2.05) is 14.0 Å². The third-order valence-corrected chi connectivity index (χ3v) is 3.21. The first-order valence-electron chi connectivity index (χ1n) is 5.91. The van der Waals surface area contributed by atoms with Gasteiger partial charge in [0.1, 0.15) is 0 Å². The first kappa shape index (κ1) is 14.5. The zero-order chi connectivity index (χ0) is 12.7. The average molecular weight is 301 g/mol. The highest BCUT2D eigenvalue weighted by atomic mass is 79.9. The number of likely N-dealkylation sites (N-methyl/N-ethyl adjacent to an activating group) is 1. The molecule has 1 N–H and O–H groups in total. The van der Waals surface area contributed by atoms with Crippen molar-refractivity contribution in [1.29, 1.82) is 0 Å². The number of halogens is 1. The first-order chi connectivity index (χ1) is 8.19. The monoisotopic (exact) mass is 300 g/mol. The maximum absolute atomic E-state index is 5.36. The van der Waals surface area contributed by atoms with Crippen molar-refractivity contribution >= 4 is 21.6 Å². The van der Waals surface area contributed by atoms with Crippen molar-refractivity contribution in [2.45, 2.75) is 13.5 Å². The summed E-state index contributed by atoms with van der Waals surface area (Å²) in [5.41, 5.74) is 2.48. The number of ether oxygens (including phenoxy) is 1.